The third-order valence-corrected chi connectivity index (χ3v) is 3.79. The normalized spacial score (nSPS) is 16.7. The first-order valence-electron chi connectivity index (χ1n) is 6.34. The van der Waals surface area contributed by atoms with Gasteiger partial charge >= 0.3 is 6.09 Å². The molecule has 1 unspecified atom stereocenters. The van der Waals surface area contributed by atoms with E-state index in [0.29, 0.717) is 22.6 Å². The Balaban J connectivity index is 2.44. The first-order chi connectivity index (χ1) is 10.5. The van der Waals surface area contributed by atoms with Crippen LogP contribution >= 0.6 is 11.8 Å². The number of aliphatic hydroxyl groups excluding tert-OH is 1. The number of aliphatic hydroxyl groups is 1. The molecule has 0 bridgehead atoms. The number of hydrogen-bond donors (Lipinski definition) is 2. The molecule has 1 aliphatic heterocycles. The summed E-state index contributed by atoms with van der Waals surface area (Å²) in [6.07, 6.45) is 0.163. The first kappa shape index (κ1) is 16.3. The van der Waals surface area contributed by atoms with Gasteiger partial charge < -0.3 is 19.3 Å². The summed E-state index contributed by atoms with van der Waals surface area (Å²) in [4.78, 5) is 15.0. The van der Waals surface area contributed by atoms with E-state index >= 15 is 0 Å². The van der Waals surface area contributed by atoms with Gasteiger partial charge in [0.2, 0.25) is 0 Å². The zero-order valence-corrected chi connectivity index (χ0v) is 13.2. The standard InChI is InChI=1S/C14H16N2O5S/c1-19-10-5-7(4-8-9(17)6-21-12(8)10)11(15)13(22-3)16-14(18)20-2/h4-5,9,15,17H,6H2,1-3H3. The molecular weight excluding hydrogens is 308 g/mol. The van der Waals surface area contributed by atoms with Gasteiger partial charge in [-0.3, -0.25) is 5.41 Å². The maximum atomic E-state index is 11.3. The molecule has 0 spiro atoms. The van der Waals surface area contributed by atoms with Crippen LogP contribution in [0.4, 0.5) is 4.79 Å². The van der Waals surface area contributed by atoms with Crippen LogP contribution in [0, 0.1) is 5.41 Å². The largest absolute Gasteiger partial charge is 0.493 e. The first-order valence-corrected chi connectivity index (χ1v) is 7.57. The average molecular weight is 324 g/mol. The monoisotopic (exact) mass is 324 g/mol. The van der Waals surface area contributed by atoms with Crippen LogP contribution in [0.1, 0.15) is 17.2 Å². The topological polar surface area (TPSA) is 101 Å². The molecule has 1 atom stereocenters. The number of carbonyl (C=O) groups excluding carboxylic acids is 1. The lowest BCUT2D eigenvalue weighted by atomic mass is 10.0. The molecule has 0 radical (unpaired) electrons. The summed E-state index contributed by atoms with van der Waals surface area (Å²) >= 11 is 1.15. The lowest BCUT2D eigenvalue weighted by Gasteiger charge is -2.11. The fourth-order valence-corrected chi connectivity index (χ4v) is 2.52. The van der Waals surface area contributed by atoms with Crippen LogP contribution in [-0.4, -0.2) is 49.0 Å². The summed E-state index contributed by atoms with van der Waals surface area (Å²) in [7, 11) is 2.70. The number of nitrogens with one attached hydrogen (secondary N) is 1. The van der Waals surface area contributed by atoms with Crippen molar-refractivity contribution in [1.82, 2.24) is 0 Å². The number of rotatable bonds is 3. The second-order valence-corrected chi connectivity index (χ2v) is 5.18. The lowest BCUT2D eigenvalue weighted by Crippen LogP contribution is -2.13. The van der Waals surface area contributed by atoms with Crippen molar-refractivity contribution in [1.29, 1.82) is 5.41 Å². The zero-order chi connectivity index (χ0) is 16.3. The summed E-state index contributed by atoms with van der Waals surface area (Å²) in [6.45, 7) is 0.147. The number of amides is 1. The van der Waals surface area contributed by atoms with Crippen molar-refractivity contribution in [3.8, 4) is 11.5 Å². The van der Waals surface area contributed by atoms with Gasteiger partial charge in [0, 0.05) is 11.1 Å². The predicted octanol–water partition coefficient (Wildman–Crippen LogP) is 2.02. The molecule has 0 saturated carbocycles. The number of aliphatic imine (C=N–C) groups is 1. The molecule has 0 aliphatic carbocycles. The highest BCUT2D eigenvalue weighted by Crippen LogP contribution is 2.41. The maximum absolute atomic E-state index is 11.3. The Morgan fingerprint density at radius 1 is 1.50 bits per heavy atom. The highest BCUT2D eigenvalue weighted by molar-refractivity contribution is 8.15. The van der Waals surface area contributed by atoms with Gasteiger partial charge in [-0.25, -0.2) is 4.79 Å². The van der Waals surface area contributed by atoms with Crippen LogP contribution in [0.15, 0.2) is 17.1 Å². The molecule has 1 heterocycles. The second-order valence-electron chi connectivity index (χ2n) is 4.39. The summed E-state index contributed by atoms with van der Waals surface area (Å²) in [5.41, 5.74) is 1.06. The minimum Gasteiger partial charge on any atom is -0.493 e. The van der Waals surface area contributed by atoms with E-state index in [-0.39, 0.29) is 17.4 Å². The second kappa shape index (κ2) is 6.80. The number of ether oxygens (including phenoxy) is 3. The molecule has 1 aromatic carbocycles. The lowest BCUT2D eigenvalue weighted by molar-refractivity contribution is 0.139. The van der Waals surface area contributed by atoms with Gasteiger partial charge in [0.15, 0.2) is 11.5 Å². The Labute approximate surface area is 131 Å². The Morgan fingerprint density at radius 2 is 2.23 bits per heavy atom. The van der Waals surface area contributed by atoms with Crippen LogP contribution < -0.4 is 9.47 Å². The van der Waals surface area contributed by atoms with Gasteiger partial charge in [0.25, 0.3) is 0 Å². The minimum atomic E-state index is -0.773. The number of carbonyl (C=O) groups is 1. The molecular formula is C14H16N2O5S. The Kier molecular flexibility index (Phi) is 5.04. The molecule has 2 rings (SSSR count). The van der Waals surface area contributed by atoms with Crippen molar-refractivity contribution in [2.24, 2.45) is 4.99 Å². The zero-order valence-electron chi connectivity index (χ0n) is 12.4. The van der Waals surface area contributed by atoms with Crippen LogP contribution in [0.3, 0.4) is 0 Å². The third-order valence-electron chi connectivity index (χ3n) is 3.11. The molecule has 0 saturated heterocycles. The Bertz CT molecular complexity index is 644. The molecule has 7 nitrogen and oxygen atoms in total. The van der Waals surface area contributed by atoms with Gasteiger partial charge in [-0.1, -0.05) is 0 Å². The van der Waals surface area contributed by atoms with Crippen molar-refractivity contribution in [3.05, 3.63) is 23.3 Å². The van der Waals surface area contributed by atoms with Crippen LogP contribution in [0.25, 0.3) is 0 Å². The molecule has 0 fully saturated rings. The summed E-state index contributed by atoms with van der Waals surface area (Å²) in [6, 6.07) is 3.25. The van der Waals surface area contributed by atoms with Crippen LogP contribution in [0.2, 0.25) is 0 Å². The Morgan fingerprint density at radius 3 is 2.82 bits per heavy atom. The van der Waals surface area contributed by atoms with Crippen molar-refractivity contribution in [2.75, 3.05) is 27.1 Å². The third kappa shape index (κ3) is 3.07. The van der Waals surface area contributed by atoms with Crippen molar-refractivity contribution in [2.45, 2.75) is 6.10 Å². The quantitative estimate of drug-likeness (QED) is 0.651. The number of thioether (sulfide) groups is 1. The van der Waals surface area contributed by atoms with E-state index in [1.165, 1.54) is 14.2 Å². The van der Waals surface area contributed by atoms with Crippen molar-refractivity contribution < 1.29 is 24.1 Å². The van der Waals surface area contributed by atoms with Crippen LogP contribution in [-0.2, 0) is 4.74 Å². The van der Waals surface area contributed by atoms with E-state index in [2.05, 4.69) is 9.73 Å². The summed E-state index contributed by atoms with van der Waals surface area (Å²) < 4.78 is 15.1. The summed E-state index contributed by atoms with van der Waals surface area (Å²) in [5, 5.41) is 18.4. The van der Waals surface area contributed by atoms with Crippen molar-refractivity contribution in [3.63, 3.8) is 0 Å². The Hall–Kier alpha value is -2.06. The number of hydrogen-bond acceptors (Lipinski definition) is 7. The highest BCUT2D eigenvalue weighted by atomic mass is 32.2. The van der Waals surface area contributed by atoms with Crippen LogP contribution in [0.5, 0.6) is 11.5 Å². The number of benzene rings is 1. The predicted molar refractivity (Wildman–Crippen MR) is 83.6 cm³/mol. The number of fused-ring (bicyclic) bond motifs is 1. The van der Waals surface area contributed by atoms with Gasteiger partial charge in [-0.2, -0.15) is 4.99 Å². The molecule has 1 aliphatic rings. The van der Waals surface area contributed by atoms with Gasteiger partial charge in [0.1, 0.15) is 17.8 Å². The fraction of sp³-hybridized carbons (Fsp3) is 0.357. The fourth-order valence-electron chi connectivity index (χ4n) is 2.03. The van der Waals surface area contributed by atoms with E-state index < -0.39 is 12.2 Å². The van der Waals surface area contributed by atoms with Gasteiger partial charge in [-0.05, 0) is 18.4 Å². The summed E-state index contributed by atoms with van der Waals surface area (Å²) in [5.74, 6) is 0.898. The van der Waals surface area contributed by atoms with E-state index in [9.17, 15) is 9.90 Å². The van der Waals surface area contributed by atoms with E-state index in [1.807, 2.05) is 0 Å². The maximum Gasteiger partial charge on any atom is 0.434 e. The van der Waals surface area contributed by atoms with Crippen molar-refractivity contribution >= 4 is 28.6 Å². The highest BCUT2D eigenvalue weighted by Gasteiger charge is 2.27. The molecule has 118 valence electrons. The molecule has 2 N–H and O–H groups in total. The molecule has 22 heavy (non-hydrogen) atoms. The van der Waals surface area contributed by atoms with E-state index in [1.54, 1.807) is 18.4 Å². The number of nitrogens with zero attached hydrogens (tertiary/aromatic N) is 1. The minimum absolute atomic E-state index is 0.0399. The van der Waals surface area contributed by atoms with Gasteiger partial charge in [0.05, 0.1) is 19.9 Å². The molecule has 8 heteroatoms. The van der Waals surface area contributed by atoms with E-state index in [4.69, 9.17) is 14.9 Å². The SMILES string of the molecule is COC(=O)N=C(SC)C(=N)c1cc(OC)c2c(c1)C(O)CO2. The average Bonchev–Trinajstić information content (AvgIpc) is 2.92. The molecule has 1 amide bonds. The molecule has 1 aromatic rings. The van der Waals surface area contributed by atoms with Gasteiger partial charge in [-0.15, -0.1) is 11.8 Å². The smallest absolute Gasteiger partial charge is 0.434 e. The van der Waals surface area contributed by atoms with E-state index in [0.717, 1.165) is 11.8 Å². The molecule has 0 aromatic heterocycles. The number of methoxy groups -OCH3 is 2.